The van der Waals surface area contributed by atoms with E-state index < -0.39 is 11.5 Å². The first-order valence-corrected chi connectivity index (χ1v) is 9.98. The summed E-state index contributed by atoms with van der Waals surface area (Å²) in [5, 5.41) is 14.4. The van der Waals surface area contributed by atoms with E-state index in [1.54, 1.807) is 11.3 Å². The van der Waals surface area contributed by atoms with Crippen LogP contribution in [0.3, 0.4) is 0 Å². The van der Waals surface area contributed by atoms with Crippen LogP contribution >= 0.6 is 11.3 Å². The van der Waals surface area contributed by atoms with Gasteiger partial charge >= 0.3 is 12.0 Å². The first-order chi connectivity index (χ1) is 12.1. The molecule has 3 rings (SSSR count). The zero-order valence-corrected chi connectivity index (χ0v) is 15.4. The number of urea groups is 1. The van der Waals surface area contributed by atoms with E-state index >= 15 is 0 Å². The van der Waals surface area contributed by atoms with Crippen molar-refractivity contribution < 1.29 is 14.7 Å². The van der Waals surface area contributed by atoms with E-state index in [1.807, 2.05) is 4.90 Å². The van der Waals surface area contributed by atoms with Gasteiger partial charge in [0, 0.05) is 37.6 Å². The smallest absolute Gasteiger partial charge is 0.317 e. The Kier molecular flexibility index (Phi) is 5.96. The number of thiophene rings is 1. The summed E-state index contributed by atoms with van der Waals surface area (Å²) in [4.78, 5) is 29.5. The molecule has 138 valence electrons. The van der Waals surface area contributed by atoms with Crippen LogP contribution in [0, 0.1) is 0 Å². The Morgan fingerprint density at radius 1 is 1.16 bits per heavy atom. The van der Waals surface area contributed by atoms with Crippen molar-refractivity contribution in [2.75, 3.05) is 26.2 Å². The molecule has 0 bridgehead atoms. The Morgan fingerprint density at radius 3 is 2.48 bits per heavy atom. The van der Waals surface area contributed by atoms with Gasteiger partial charge in [-0.25, -0.2) is 4.79 Å². The van der Waals surface area contributed by atoms with Crippen LogP contribution in [-0.2, 0) is 11.3 Å². The molecule has 2 heterocycles. The maximum absolute atomic E-state index is 12.7. The van der Waals surface area contributed by atoms with Gasteiger partial charge in [0.2, 0.25) is 0 Å². The average molecular weight is 365 g/mol. The topological polar surface area (TPSA) is 72.9 Å². The summed E-state index contributed by atoms with van der Waals surface area (Å²) in [6.07, 6.45) is 4.66. The monoisotopic (exact) mass is 365 g/mol. The summed E-state index contributed by atoms with van der Waals surface area (Å²) in [7, 11) is 0. The first kappa shape index (κ1) is 18.2. The van der Waals surface area contributed by atoms with Crippen molar-refractivity contribution >= 4 is 23.3 Å². The molecule has 0 atom stereocenters. The summed E-state index contributed by atoms with van der Waals surface area (Å²) in [6.45, 7) is 4.05. The van der Waals surface area contributed by atoms with Gasteiger partial charge < -0.3 is 15.3 Å². The van der Waals surface area contributed by atoms with Crippen molar-refractivity contribution in [1.82, 2.24) is 15.1 Å². The molecule has 2 aliphatic rings. The SMILES string of the molecule is O=C(O)CC1(NC(=O)N2CCN(Cc3cccs3)CC2)CCCCC1. The van der Waals surface area contributed by atoms with E-state index in [0.29, 0.717) is 13.1 Å². The van der Waals surface area contributed by atoms with Crippen LogP contribution in [0.5, 0.6) is 0 Å². The minimum Gasteiger partial charge on any atom is -0.481 e. The highest BCUT2D eigenvalue weighted by atomic mass is 32.1. The van der Waals surface area contributed by atoms with Crippen molar-refractivity contribution in [3.63, 3.8) is 0 Å². The molecule has 6 nitrogen and oxygen atoms in total. The molecule has 25 heavy (non-hydrogen) atoms. The van der Waals surface area contributed by atoms with Crippen LogP contribution in [0.2, 0.25) is 0 Å². The van der Waals surface area contributed by atoms with Crippen LogP contribution in [0.15, 0.2) is 17.5 Å². The number of hydrogen-bond donors (Lipinski definition) is 2. The summed E-state index contributed by atoms with van der Waals surface area (Å²) in [5.41, 5.74) is -0.560. The Hall–Kier alpha value is -1.60. The molecule has 1 aliphatic heterocycles. The molecule has 7 heteroatoms. The van der Waals surface area contributed by atoms with Gasteiger partial charge in [-0.3, -0.25) is 9.69 Å². The van der Waals surface area contributed by atoms with Gasteiger partial charge in [0.25, 0.3) is 0 Å². The third-order valence-electron chi connectivity index (χ3n) is 5.29. The summed E-state index contributed by atoms with van der Waals surface area (Å²) in [5.74, 6) is -0.831. The van der Waals surface area contributed by atoms with E-state index in [9.17, 15) is 14.7 Å². The molecule has 1 aromatic rings. The van der Waals surface area contributed by atoms with Crippen LogP contribution in [0.25, 0.3) is 0 Å². The van der Waals surface area contributed by atoms with E-state index in [2.05, 4.69) is 27.7 Å². The number of carbonyl (C=O) groups excluding carboxylic acids is 1. The number of carboxylic acid groups (broad SMARTS) is 1. The van der Waals surface area contributed by atoms with Crippen LogP contribution < -0.4 is 5.32 Å². The lowest BCUT2D eigenvalue weighted by Gasteiger charge is -2.40. The van der Waals surface area contributed by atoms with E-state index in [0.717, 1.165) is 51.7 Å². The molecule has 1 aliphatic carbocycles. The number of carbonyl (C=O) groups is 2. The highest BCUT2D eigenvalue weighted by molar-refractivity contribution is 7.09. The number of aliphatic carboxylic acids is 1. The predicted molar refractivity (Wildman–Crippen MR) is 97.8 cm³/mol. The second-order valence-electron chi connectivity index (χ2n) is 7.18. The highest BCUT2D eigenvalue weighted by Crippen LogP contribution is 2.31. The Labute approximate surface area is 152 Å². The minimum absolute atomic E-state index is 0.0249. The van der Waals surface area contributed by atoms with E-state index in [-0.39, 0.29) is 12.5 Å². The predicted octanol–water partition coefficient (Wildman–Crippen LogP) is 2.75. The van der Waals surface area contributed by atoms with Gasteiger partial charge in [0.05, 0.1) is 12.0 Å². The lowest BCUT2D eigenvalue weighted by Crippen LogP contribution is -2.58. The molecule has 1 saturated carbocycles. The minimum atomic E-state index is -0.831. The highest BCUT2D eigenvalue weighted by Gasteiger charge is 2.37. The fourth-order valence-electron chi connectivity index (χ4n) is 3.90. The number of amides is 2. The van der Waals surface area contributed by atoms with E-state index in [4.69, 9.17) is 0 Å². The lowest BCUT2D eigenvalue weighted by molar-refractivity contribution is -0.139. The fourth-order valence-corrected chi connectivity index (χ4v) is 4.65. The largest absolute Gasteiger partial charge is 0.481 e. The van der Waals surface area contributed by atoms with Gasteiger partial charge in [-0.05, 0) is 24.3 Å². The Morgan fingerprint density at radius 2 is 1.88 bits per heavy atom. The molecule has 2 amide bonds. The molecule has 0 aromatic carbocycles. The molecular formula is C18H27N3O3S. The molecular weight excluding hydrogens is 338 g/mol. The van der Waals surface area contributed by atoms with Crippen molar-refractivity contribution in [3.05, 3.63) is 22.4 Å². The van der Waals surface area contributed by atoms with Gasteiger partial charge in [0.1, 0.15) is 0 Å². The normalized spacial score (nSPS) is 21.0. The maximum atomic E-state index is 12.7. The molecule has 1 saturated heterocycles. The summed E-state index contributed by atoms with van der Waals surface area (Å²) in [6, 6.07) is 4.11. The number of rotatable bonds is 5. The van der Waals surface area contributed by atoms with Crippen molar-refractivity contribution in [1.29, 1.82) is 0 Å². The summed E-state index contributed by atoms with van der Waals surface area (Å²) >= 11 is 1.76. The van der Waals surface area contributed by atoms with Crippen molar-refractivity contribution in [2.45, 2.75) is 50.6 Å². The second-order valence-corrected chi connectivity index (χ2v) is 8.22. The van der Waals surface area contributed by atoms with Crippen molar-refractivity contribution in [2.24, 2.45) is 0 Å². The van der Waals surface area contributed by atoms with Gasteiger partial charge in [-0.2, -0.15) is 0 Å². The van der Waals surface area contributed by atoms with Gasteiger partial charge in [0.15, 0.2) is 0 Å². The molecule has 2 N–H and O–H groups in total. The fraction of sp³-hybridized carbons (Fsp3) is 0.667. The van der Waals surface area contributed by atoms with E-state index in [1.165, 1.54) is 4.88 Å². The Balaban J connectivity index is 1.51. The number of nitrogens with one attached hydrogen (secondary N) is 1. The van der Waals surface area contributed by atoms with Gasteiger partial charge in [-0.15, -0.1) is 11.3 Å². The van der Waals surface area contributed by atoms with Gasteiger partial charge in [-0.1, -0.05) is 25.3 Å². The molecule has 0 radical (unpaired) electrons. The first-order valence-electron chi connectivity index (χ1n) is 9.10. The molecule has 2 fully saturated rings. The number of hydrogen-bond acceptors (Lipinski definition) is 4. The zero-order chi connectivity index (χ0) is 17.7. The molecule has 0 spiro atoms. The molecule has 0 unspecified atom stereocenters. The van der Waals surface area contributed by atoms with Crippen LogP contribution in [0.1, 0.15) is 43.4 Å². The maximum Gasteiger partial charge on any atom is 0.317 e. The summed E-state index contributed by atoms with van der Waals surface area (Å²) < 4.78 is 0. The standard InChI is InChI=1S/C18H27N3O3S/c22-16(23)13-18(6-2-1-3-7-18)19-17(24)21-10-8-20(9-11-21)14-15-5-4-12-25-15/h4-5,12H,1-3,6-11,13-14H2,(H,19,24)(H,22,23). The number of nitrogens with zero attached hydrogens (tertiary/aromatic N) is 2. The van der Waals surface area contributed by atoms with Crippen molar-refractivity contribution in [3.8, 4) is 0 Å². The second kappa shape index (κ2) is 8.19. The Bertz CT molecular complexity index is 576. The average Bonchev–Trinajstić information content (AvgIpc) is 3.08. The molecule has 1 aromatic heterocycles. The quantitative estimate of drug-likeness (QED) is 0.841. The number of piperazine rings is 1. The number of carboxylic acids is 1. The third-order valence-corrected chi connectivity index (χ3v) is 6.15. The third kappa shape index (κ3) is 4.95. The lowest BCUT2D eigenvalue weighted by atomic mass is 9.79. The zero-order valence-electron chi connectivity index (χ0n) is 14.6. The van der Waals surface area contributed by atoms with Crippen LogP contribution in [-0.4, -0.2) is 58.6 Å². The van der Waals surface area contributed by atoms with Crippen LogP contribution in [0.4, 0.5) is 4.79 Å².